The molecule has 1 heterocycles. The number of benzene rings is 1. The van der Waals surface area contributed by atoms with Crippen LogP contribution in [-0.4, -0.2) is 22.7 Å². The van der Waals surface area contributed by atoms with E-state index in [1.165, 1.54) is 5.56 Å². The molecule has 0 amide bonds. The third kappa shape index (κ3) is 4.60. The van der Waals surface area contributed by atoms with Crippen molar-refractivity contribution < 1.29 is 4.74 Å². The minimum absolute atomic E-state index is 0.661. The SMILES string of the molecule is CCCNCc1ccccc1OCCn1ccnc1CC. The van der Waals surface area contributed by atoms with Gasteiger partial charge >= 0.3 is 0 Å². The van der Waals surface area contributed by atoms with Crippen LogP contribution in [0.1, 0.15) is 31.7 Å². The highest BCUT2D eigenvalue weighted by molar-refractivity contribution is 5.33. The van der Waals surface area contributed by atoms with E-state index in [2.05, 4.69) is 40.8 Å². The highest BCUT2D eigenvalue weighted by Crippen LogP contribution is 2.17. The van der Waals surface area contributed by atoms with Crippen molar-refractivity contribution in [3.8, 4) is 5.75 Å². The molecule has 1 aromatic heterocycles. The van der Waals surface area contributed by atoms with Crippen LogP contribution in [0.25, 0.3) is 0 Å². The van der Waals surface area contributed by atoms with Crippen molar-refractivity contribution in [2.24, 2.45) is 0 Å². The lowest BCUT2D eigenvalue weighted by Crippen LogP contribution is -2.15. The van der Waals surface area contributed by atoms with Gasteiger partial charge in [0.25, 0.3) is 0 Å². The van der Waals surface area contributed by atoms with Gasteiger partial charge in [0.2, 0.25) is 0 Å². The second-order valence-electron chi connectivity index (χ2n) is 5.02. The minimum atomic E-state index is 0.661. The summed E-state index contributed by atoms with van der Waals surface area (Å²) in [4.78, 5) is 4.33. The fourth-order valence-electron chi connectivity index (χ4n) is 2.30. The van der Waals surface area contributed by atoms with Crippen molar-refractivity contribution in [1.29, 1.82) is 0 Å². The van der Waals surface area contributed by atoms with Crippen molar-refractivity contribution in [1.82, 2.24) is 14.9 Å². The maximum atomic E-state index is 5.95. The molecule has 1 N–H and O–H groups in total. The van der Waals surface area contributed by atoms with Crippen LogP contribution < -0.4 is 10.1 Å². The lowest BCUT2D eigenvalue weighted by atomic mass is 10.2. The first-order valence-electron chi connectivity index (χ1n) is 7.76. The second-order valence-corrected chi connectivity index (χ2v) is 5.02. The molecule has 114 valence electrons. The van der Waals surface area contributed by atoms with Crippen LogP contribution in [0.4, 0.5) is 0 Å². The maximum Gasteiger partial charge on any atom is 0.123 e. The van der Waals surface area contributed by atoms with Crippen molar-refractivity contribution >= 4 is 0 Å². The molecule has 0 saturated carbocycles. The van der Waals surface area contributed by atoms with E-state index in [0.29, 0.717) is 6.61 Å². The average Bonchev–Trinajstić information content (AvgIpc) is 2.96. The maximum absolute atomic E-state index is 5.95. The van der Waals surface area contributed by atoms with Gasteiger partial charge in [0.15, 0.2) is 0 Å². The summed E-state index contributed by atoms with van der Waals surface area (Å²) in [5, 5.41) is 3.42. The van der Waals surface area contributed by atoms with Gasteiger partial charge in [-0.25, -0.2) is 4.98 Å². The molecule has 0 unspecified atom stereocenters. The second kappa shape index (κ2) is 8.47. The normalized spacial score (nSPS) is 10.8. The van der Waals surface area contributed by atoms with E-state index in [-0.39, 0.29) is 0 Å². The Morgan fingerprint density at radius 1 is 1.24 bits per heavy atom. The molecule has 2 aromatic rings. The van der Waals surface area contributed by atoms with E-state index >= 15 is 0 Å². The molecule has 0 aliphatic carbocycles. The number of ether oxygens (including phenoxy) is 1. The molecule has 4 nitrogen and oxygen atoms in total. The van der Waals surface area contributed by atoms with Gasteiger partial charge in [0.1, 0.15) is 18.2 Å². The van der Waals surface area contributed by atoms with Gasteiger partial charge in [-0.2, -0.15) is 0 Å². The van der Waals surface area contributed by atoms with Crippen molar-refractivity contribution in [3.63, 3.8) is 0 Å². The van der Waals surface area contributed by atoms with Crippen LogP contribution in [0.5, 0.6) is 5.75 Å². The largest absolute Gasteiger partial charge is 0.491 e. The summed E-state index contributed by atoms with van der Waals surface area (Å²) in [6.45, 7) is 7.67. The smallest absolute Gasteiger partial charge is 0.123 e. The Hall–Kier alpha value is -1.81. The van der Waals surface area contributed by atoms with E-state index in [0.717, 1.165) is 44.0 Å². The Labute approximate surface area is 127 Å². The summed E-state index contributed by atoms with van der Waals surface area (Å²) in [6.07, 6.45) is 5.95. The third-order valence-electron chi connectivity index (χ3n) is 3.42. The van der Waals surface area contributed by atoms with E-state index in [1.807, 2.05) is 24.5 Å². The van der Waals surface area contributed by atoms with Gasteiger partial charge in [-0.05, 0) is 19.0 Å². The predicted octanol–water partition coefficient (Wildman–Crippen LogP) is 3.02. The number of rotatable bonds is 9. The molecule has 0 aliphatic rings. The number of imidazole rings is 1. The summed E-state index contributed by atoms with van der Waals surface area (Å²) >= 11 is 0. The van der Waals surface area contributed by atoms with Crippen molar-refractivity contribution in [2.45, 2.75) is 39.8 Å². The van der Waals surface area contributed by atoms with Gasteiger partial charge in [-0.15, -0.1) is 0 Å². The zero-order chi connectivity index (χ0) is 14.9. The zero-order valence-corrected chi connectivity index (χ0v) is 13.0. The van der Waals surface area contributed by atoms with Crippen LogP contribution >= 0.6 is 0 Å². The molecule has 2 rings (SSSR count). The highest BCUT2D eigenvalue weighted by Gasteiger charge is 2.04. The predicted molar refractivity (Wildman–Crippen MR) is 85.5 cm³/mol. The number of hydrogen-bond donors (Lipinski definition) is 1. The Morgan fingerprint density at radius 2 is 2.10 bits per heavy atom. The molecule has 0 bridgehead atoms. The quantitative estimate of drug-likeness (QED) is 0.721. The molecular formula is C17H25N3O. The lowest BCUT2D eigenvalue weighted by Gasteiger charge is -2.13. The molecular weight excluding hydrogens is 262 g/mol. The number of nitrogens with one attached hydrogen (secondary N) is 1. The van der Waals surface area contributed by atoms with Gasteiger partial charge in [-0.1, -0.05) is 32.0 Å². The standard InChI is InChI=1S/C17H25N3O/c1-3-9-18-14-15-7-5-6-8-16(15)21-13-12-20-11-10-19-17(20)4-2/h5-8,10-11,18H,3-4,9,12-14H2,1-2H3. The summed E-state index contributed by atoms with van der Waals surface area (Å²) in [7, 11) is 0. The topological polar surface area (TPSA) is 39.1 Å². The Kier molecular flexibility index (Phi) is 6.28. The van der Waals surface area contributed by atoms with Crippen molar-refractivity contribution in [3.05, 3.63) is 48.0 Å². The monoisotopic (exact) mass is 287 g/mol. The Balaban J connectivity index is 1.87. The molecule has 0 saturated heterocycles. The van der Waals surface area contributed by atoms with Crippen LogP contribution in [0, 0.1) is 0 Å². The Bertz CT molecular complexity index is 536. The molecule has 0 aliphatic heterocycles. The third-order valence-corrected chi connectivity index (χ3v) is 3.42. The molecule has 0 spiro atoms. The number of aromatic nitrogens is 2. The highest BCUT2D eigenvalue weighted by atomic mass is 16.5. The van der Waals surface area contributed by atoms with Crippen LogP contribution in [0.15, 0.2) is 36.7 Å². The van der Waals surface area contributed by atoms with Gasteiger partial charge < -0.3 is 14.6 Å². The zero-order valence-electron chi connectivity index (χ0n) is 13.0. The lowest BCUT2D eigenvalue weighted by molar-refractivity contribution is 0.293. The van der Waals surface area contributed by atoms with E-state index in [1.54, 1.807) is 0 Å². The summed E-state index contributed by atoms with van der Waals surface area (Å²) in [5.74, 6) is 2.08. The number of para-hydroxylation sites is 1. The Morgan fingerprint density at radius 3 is 2.90 bits per heavy atom. The molecule has 0 atom stereocenters. The van der Waals surface area contributed by atoms with Crippen LogP contribution in [0.3, 0.4) is 0 Å². The number of nitrogens with zero attached hydrogens (tertiary/aromatic N) is 2. The molecule has 1 aromatic carbocycles. The van der Waals surface area contributed by atoms with Crippen LogP contribution in [-0.2, 0) is 19.5 Å². The van der Waals surface area contributed by atoms with E-state index in [9.17, 15) is 0 Å². The summed E-state index contributed by atoms with van der Waals surface area (Å²) < 4.78 is 8.10. The fourth-order valence-corrected chi connectivity index (χ4v) is 2.30. The summed E-state index contributed by atoms with van der Waals surface area (Å²) in [6, 6.07) is 8.23. The summed E-state index contributed by atoms with van der Waals surface area (Å²) in [5.41, 5.74) is 1.22. The van der Waals surface area contributed by atoms with E-state index < -0.39 is 0 Å². The van der Waals surface area contributed by atoms with E-state index in [4.69, 9.17) is 4.74 Å². The number of aryl methyl sites for hydroxylation is 1. The van der Waals surface area contributed by atoms with Gasteiger partial charge in [-0.3, -0.25) is 0 Å². The average molecular weight is 287 g/mol. The fraction of sp³-hybridized carbons (Fsp3) is 0.471. The molecule has 21 heavy (non-hydrogen) atoms. The first kappa shape index (κ1) is 15.6. The first-order valence-corrected chi connectivity index (χ1v) is 7.76. The molecule has 0 fully saturated rings. The number of hydrogen-bond acceptors (Lipinski definition) is 3. The van der Waals surface area contributed by atoms with Gasteiger partial charge in [0.05, 0.1) is 6.54 Å². The van der Waals surface area contributed by atoms with Crippen molar-refractivity contribution in [2.75, 3.05) is 13.2 Å². The first-order chi connectivity index (χ1) is 10.3. The minimum Gasteiger partial charge on any atom is -0.491 e. The van der Waals surface area contributed by atoms with Gasteiger partial charge in [0, 0.05) is 30.9 Å². The molecule has 0 radical (unpaired) electrons. The molecule has 4 heteroatoms. The van der Waals surface area contributed by atoms with Crippen LogP contribution in [0.2, 0.25) is 0 Å².